The van der Waals surface area contributed by atoms with Crippen LogP contribution in [0.2, 0.25) is 5.02 Å². The molecule has 5 heteroatoms. The molecule has 0 aliphatic heterocycles. The normalized spacial score (nSPS) is 12.5. The van der Waals surface area contributed by atoms with Gasteiger partial charge in [-0.3, -0.25) is 10.1 Å². The quantitative estimate of drug-likeness (QED) is 0.638. The standard InChI is InChI=1S/C10H12ClNO3/c1-7(13)2-3-8-4-5-9(11)6-10(8)12(14)15/h4-7,13H,2-3H2,1H3. The number of hydrogen-bond acceptors (Lipinski definition) is 3. The summed E-state index contributed by atoms with van der Waals surface area (Å²) in [5.41, 5.74) is 0.619. The van der Waals surface area contributed by atoms with Gasteiger partial charge in [0.05, 0.1) is 11.0 Å². The van der Waals surface area contributed by atoms with Gasteiger partial charge < -0.3 is 5.11 Å². The molecule has 0 amide bonds. The van der Waals surface area contributed by atoms with Gasteiger partial charge in [0.1, 0.15) is 0 Å². The molecule has 1 N–H and O–H groups in total. The zero-order valence-corrected chi connectivity index (χ0v) is 9.07. The number of rotatable bonds is 4. The van der Waals surface area contributed by atoms with Crippen LogP contribution in [0.5, 0.6) is 0 Å². The third kappa shape index (κ3) is 3.49. The highest BCUT2D eigenvalue weighted by atomic mass is 35.5. The molecule has 1 atom stereocenters. The van der Waals surface area contributed by atoms with E-state index in [1.54, 1.807) is 19.1 Å². The molecule has 1 aromatic carbocycles. The van der Waals surface area contributed by atoms with Crippen molar-refractivity contribution in [2.75, 3.05) is 0 Å². The number of halogens is 1. The first-order valence-electron chi connectivity index (χ1n) is 4.61. The van der Waals surface area contributed by atoms with Crippen LogP contribution in [0.4, 0.5) is 5.69 Å². The lowest BCUT2D eigenvalue weighted by Crippen LogP contribution is -2.03. The molecule has 1 aromatic rings. The zero-order valence-electron chi connectivity index (χ0n) is 8.31. The second-order valence-corrected chi connectivity index (χ2v) is 3.85. The molecule has 15 heavy (non-hydrogen) atoms. The van der Waals surface area contributed by atoms with Crippen molar-refractivity contribution in [1.29, 1.82) is 0 Å². The van der Waals surface area contributed by atoms with E-state index in [0.717, 1.165) is 0 Å². The lowest BCUT2D eigenvalue weighted by molar-refractivity contribution is -0.385. The molecule has 0 saturated heterocycles. The van der Waals surface area contributed by atoms with E-state index in [9.17, 15) is 10.1 Å². The van der Waals surface area contributed by atoms with Gasteiger partial charge in [0.15, 0.2) is 0 Å². The van der Waals surface area contributed by atoms with Gasteiger partial charge in [-0.25, -0.2) is 0 Å². The topological polar surface area (TPSA) is 63.4 Å². The van der Waals surface area contributed by atoms with E-state index < -0.39 is 11.0 Å². The Kier molecular flexibility index (Phi) is 4.05. The molecule has 1 rings (SSSR count). The molecule has 0 aliphatic carbocycles. The lowest BCUT2D eigenvalue weighted by atomic mass is 10.1. The van der Waals surface area contributed by atoms with E-state index in [1.165, 1.54) is 6.07 Å². The van der Waals surface area contributed by atoms with Crippen LogP contribution >= 0.6 is 11.6 Å². The maximum Gasteiger partial charge on any atom is 0.274 e. The number of benzene rings is 1. The average Bonchev–Trinajstić information content (AvgIpc) is 2.15. The van der Waals surface area contributed by atoms with Crippen molar-refractivity contribution < 1.29 is 10.0 Å². The predicted octanol–water partition coefficient (Wildman–Crippen LogP) is 2.56. The maximum atomic E-state index is 10.7. The van der Waals surface area contributed by atoms with E-state index in [0.29, 0.717) is 23.4 Å². The summed E-state index contributed by atoms with van der Waals surface area (Å²) in [6.07, 6.45) is 0.522. The smallest absolute Gasteiger partial charge is 0.274 e. The molecular weight excluding hydrogens is 218 g/mol. The number of aryl methyl sites for hydroxylation is 1. The molecule has 0 aliphatic rings. The first-order valence-corrected chi connectivity index (χ1v) is 4.99. The molecule has 4 nitrogen and oxygen atoms in total. The van der Waals surface area contributed by atoms with E-state index in [2.05, 4.69) is 0 Å². The Labute approximate surface area is 92.6 Å². The fourth-order valence-electron chi connectivity index (χ4n) is 1.28. The van der Waals surface area contributed by atoms with Crippen molar-refractivity contribution >= 4 is 17.3 Å². The number of hydrogen-bond donors (Lipinski definition) is 1. The Bertz CT molecular complexity index is 366. The highest BCUT2D eigenvalue weighted by molar-refractivity contribution is 6.30. The first-order chi connectivity index (χ1) is 7.00. The highest BCUT2D eigenvalue weighted by Gasteiger charge is 2.14. The van der Waals surface area contributed by atoms with E-state index in [-0.39, 0.29) is 5.69 Å². The summed E-state index contributed by atoms with van der Waals surface area (Å²) in [6.45, 7) is 1.65. The van der Waals surface area contributed by atoms with Crippen LogP contribution in [0.15, 0.2) is 18.2 Å². The summed E-state index contributed by atoms with van der Waals surface area (Å²) < 4.78 is 0. The number of aliphatic hydroxyl groups is 1. The molecule has 0 aromatic heterocycles. The number of aliphatic hydroxyl groups excluding tert-OH is 1. The Morgan fingerprint density at radius 3 is 2.80 bits per heavy atom. The second-order valence-electron chi connectivity index (χ2n) is 3.42. The van der Waals surface area contributed by atoms with Gasteiger partial charge >= 0.3 is 0 Å². The molecular formula is C10H12ClNO3. The molecule has 0 bridgehead atoms. The van der Waals surface area contributed by atoms with Gasteiger partial charge in [-0.05, 0) is 25.8 Å². The Balaban J connectivity index is 2.91. The van der Waals surface area contributed by atoms with Gasteiger partial charge in [-0.2, -0.15) is 0 Å². The molecule has 1 unspecified atom stereocenters. The van der Waals surface area contributed by atoms with Gasteiger partial charge in [0.2, 0.25) is 0 Å². The largest absolute Gasteiger partial charge is 0.393 e. The summed E-state index contributed by atoms with van der Waals surface area (Å²) in [5, 5.41) is 20.2. The summed E-state index contributed by atoms with van der Waals surface area (Å²) in [4.78, 5) is 10.2. The fourth-order valence-corrected chi connectivity index (χ4v) is 1.45. The van der Waals surface area contributed by atoms with E-state index in [4.69, 9.17) is 16.7 Å². The van der Waals surface area contributed by atoms with Crippen LogP contribution in [0.25, 0.3) is 0 Å². The monoisotopic (exact) mass is 229 g/mol. The highest BCUT2D eigenvalue weighted by Crippen LogP contribution is 2.24. The zero-order chi connectivity index (χ0) is 11.4. The second kappa shape index (κ2) is 5.09. The van der Waals surface area contributed by atoms with Gasteiger partial charge in [-0.15, -0.1) is 0 Å². The third-order valence-electron chi connectivity index (χ3n) is 2.08. The van der Waals surface area contributed by atoms with Crippen LogP contribution in [-0.4, -0.2) is 16.1 Å². The summed E-state index contributed by atoms with van der Waals surface area (Å²) in [7, 11) is 0. The van der Waals surface area contributed by atoms with E-state index >= 15 is 0 Å². The van der Waals surface area contributed by atoms with Crippen molar-refractivity contribution in [3.05, 3.63) is 38.9 Å². The molecule has 82 valence electrons. The summed E-state index contributed by atoms with van der Waals surface area (Å²) >= 11 is 5.67. The Morgan fingerprint density at radius 1 is 1.60 bits per heavy atom. The van der Waals surface area contributed by atoms with Gasteiger partial charge in [0, 0.05) is 16.7 Å². The Morgan fingerprint density at radius 2 is 2.27 bits per heavy atom. The summed E-state index contributed by atoms with van der Waals surface area (Å²) in [5.74, 6) is 0. The van der Waals surface area contributed by atoms with Gasteiger partial charge in [0.25, 0.3) is 5.69 Å². The van der Waals surface area contributed by atoms with Crippen molar-refractivity contribution in [3.63, 3.8) is 0 Å². The van der Waals surface area contributed by atoms with Crippen molar-refractivity contribution in [1.82, 2.24) is 0 Å². The fraction of sp³-hybridized carbons (Fsp3) is 0.400. The SMILES string of the molecule is CC(O)CCc1ccc(Cl)cc1[N+](=O)[O-]. The average molecular weight is 230 g/mol. The first kappa shape index (κ1) is 11.9. The number of nitro groups is 1. The maximum absolute atomic E-state index is 10.7. The van der Waals surface area contributed by atoms with Crippen molar-refractivity contribution in [2.45, 2.75) is 25.9 Å². The van der Waals surface area contributed by atoms with Crippen LogP contribution in [0.3, 0.4) is 0 Å². The number of nitro benzene ring substituents is 1. The van der Waals surface area contributed by atoms with Crippen LogP contribution in [-0.2, 0) is 6.42 Å². The number of nitrogens with zero attached hydrogens (tertiary/aromatic N) is 1. The summed E-state index contributed by atoms with van der Waals surface area (Å²) in [6, 6.07) is 4.58. The minimum atomic E-state index is -0.458. The molecule has 0 fully saturated rings. The van der Waals surface area contributed by atoms with Crippen molar-refractivity contribution in [3.8, 4) is 0 Å². The minimum Gasteiger partial charge on any atom is -0.393 e. The van der Waals surface area contributed by atoms with Crippen molar-refractivity contribution in [2.24, 2.45) is 0 Å². The molecule has 0 saturated carbocycles. The molecule has 0 radical (unpaired) electrons. The van der Waals surface area contributed by atoms with Crippen LogP contribution in [0, 0.1) is 10.1 Å². The van der Waals surface area contributed by atoms with Gasteiger partial charge in [-0.1, -0.05) is 17.7 Å². The minimum absolute atomic E-state index is 0.0168. The van der Waals surface area contributed by atoms with Crippen LogP contribution < -0.4 is 0 Å². The lowest BCUT2D eigenvalue weighted by Gasteiger charge is -2.05. The van der Waals surface area contributed by atoms with E-state index in [1.807, 2.05) is 0 Å². The third-order valence-corrected chi connectivity index (χ3v) is 2.31. The molecule has 0 heterocycles. The Hall–Kier alpha value is -1.13. The van der Waals surface area contributed by atoms with Crippen LogP contribution in [0.1, 0.15) is 18.9 Å². The molecule has 0 spiro atoms. The predicted molar refractivity (Wildman–Crippen MR) is 58.1 cm³/mol.